The number of anilines is 1. The van der Waals surface area contributed by atoms with Gasteiger partial charge in [0.15, 0.2) is 0 Å². The first kappa shape index (κ1) is 13.5. The van der Waals surface area contributed by atoms with Gasteiger partial charge in [-0.05, 0) is 25.3 Å². The molecule has 3 rings (SSSR count). The van der Waals surface area contributed by atoms with E-state index in [4.69, 9.17) is 4.52 Å². The zero-order chi connectivity index (χ0) is 14.7. The summed E-state index contributed by atoms with van der Waals surface area (Å²) < 4.78 is 5.28. The summed E-state index contributed by atoms with van der Waals surface area (Å²) in [6.45, 7) is 4.71. The van der Waals surface area contributed by atoms with Gasteiger partial charge in [0.2, 0.25) is 0 Å². The lowest BCUT2D eigenvalue weighted by Gasteiger charge is -2.07. The van der Waals surface area contributed by atoms with Crippen LogP contribution in [-0.2, 0) is 12.8 Å². The molecule has 0 saturated carbocycles. The van der Waals surface area contributed by atoms with E-state index in [0.717, 1.165) is 36.3 Å². The van der Waals surface area contributed by atoms with Crippen LogP contribution >= 0.6 is 0 Å². The van der Waals surface area contributed by atoms with Gasteiger partial charge in [-0.1, -0.05) is 42.4 Å². The quantitative estimate of drug-likeness (QED) is 0.779. The Labute approximate surface area is 123 Å². The highest BCUT2D eigenvalue weighted by Gasteiger charge is 2.14. The monoisotopic (exact) mass is 282 g/mol. The molecule has 2 aromatic heterocycles. The molecule has 5 heteroatoms. The van der Waals surface area contributed by atoms with Crippen LogP contribution in [0.15, 0.2) is 34.9 Å². The average Bonchev–Trinajstić information content (AvgIpc) is 2.91. The lowest BCUT2D eigenvalue weighted by Crippen LogP contribution is -2.08. The molecule has 0 bridgehead atoms. The molecule has 5 nitrogen and oxygen atoms in total. The number of rotatable bonds is 5. The van der Waals surface area contributed by atoms with Crippen LogP contribution in [0.5, 0.6) is 0 Å². The highest BCUT2D eigenvalue weighted by molar-refractivity contribution is 5.87. The molecule has 0 atom stereocenters. The molecular formula is C16H18N4O. The highest BCUT2D eigenvalue weighted by Crippen LogP contribution is 2.24. The van der Waals surface area contributed by atoms with Crippen LogP contribution in [-0.4, -0.2) is 21.7 Å². The van der Waals surface area contributed by atoms with Crippen molar-refractivity contribution in [2.45, 2.75) is 26.7 Å². The van der Waals surface area contributed by atoms with E-state index in [2.05, 4.69) is 44.7 Å². The maximum absolute atomic E-state index is 5.28. The van der Waals surface area contributed by atoms with Crippen molar-refractivity contribution in [1.82, 2.24) is 15.1 Å². The van der Waals surface area contributed by atoms with Crippen LogP contribution in [0.1, 0.15) is 24.0 Å². The maximum Gasteiger partial charge on any atom is 0.263 e. The topological polar surface area (TPSA) is 63.8 Å². The second-order valence-electron chi connectivity index (χ2n) is 4.94. The van der Waals surface area contributed by atoms with Gasteiger partial charge in [0.25, 0.3) is 5.71 Å². The van der Waals surface area contributed by atoms with Crippen LogP contribution in [0.3, 0.4) is 0 Å². The molecule has 2 heterocycles. The Hall–Kier alpha value is -2.43. The third-order valence-corrected chi connectivity index (χ3v) is 3.40. The minimum atomic E-state index is 0.557. The Morgan fingerprint density at radius 2 is 1.95 bits per heavy atom. The van der Waals surface area contributed by atoms with Crippen LogP contribution in [0.25, 0.3) is 11.1 Å². The van der Waals surface area contributed by atoms with Gasteiger partial charge in [-0.25, -0.2) is 4.98 Å². The van der Waals surface area contributed by atoms with E-state index >= 15 is 0 Å². The van der Waals surface area contributed by atoms with Gasteiger partial charge in [0.1, 0.15) is 17.0 Å². The van der Waals surface area contributed by atoms with Crippen molar-refractivity contribution in [2.75, 3.05) is 11.9 Å². The molecule has 0 aliphatic heterocycles. The van der Waals surface area contributed by atoms with E-state index in [1.807, 2.05) is 19.9 Å². The van der Waals surface area contributed by atoms with E-state index in [1.165, 1.54) is 5.56 Å². The smallest absolute Gasteiger partial charge is 0.263 e. The number of nitrogens with one attached hydrogen (secondary N) is 1. The van der Waals surface area contributed by atoms with Gasteiger partial charge in [0, 0.05) is 6.54 Å². The summed E-state index contributed by atoms with van der Waals surface area (Å²) in [6, 6.07) is 10.4. The van der Waals surface area contributed by atoms with Crippen molar-refractivity contribution in [3.05, 3.63) is 47.4 Å². The average molecular weight is 282 g/mol. The van der Waals surface area contributed by atoms with Gasteiger partial charge >= 0.3 is 0 Å². The second-order valence-corrected chi connectivity index (χ2v) is 4.94. The lowest BCUT2D eigenvalue weighted by atomic mass is 10.1. The number of hydrogen-bond donors (Lipinski definition) is 1. The molecule has 0 unspecified atom stereocenters. The minimum absolute atomic E-state index is 0.557. The molecule has 1 aromatic carbocycles. The van der Waals surface area contributed by atoms with E-state index < -0.39 is 0 Å². The van der Waals surface area contributed by atoms with Crippen molar-refractivity contribution < 1.29 is 4.52 Å². The van der Waals surface area contributed by atoms with E-state index in [9.17, 15) is 0 Å². The molecular weight excluding hydrogens is 264 g/mol. The minimum Gasteiger partial charge on any atom is -0.369 e. The molecule has 21 heavy (non-hydrogen) atoms. The van der Waals surface area contributed by atoms with Crippen molar-refractivity contribution in [1.29, 1.82) is 0 Å². The highest BCUT2D eigenvalue weighted by atomic mass is 16.5. The zero-order valence-electron chi connectivity index (χ0n) is 12.3. The second kappa shape index (κ2) is 5.91. The molecule has 108 valence electrons. The number of aromatic nitrogens is 3. The van der Waals surface area contributed by atoms with Crippen LogP contribution in [0, 0.1) is 6.92 Å². The Balaban J connectivity index is 1.81. The Kier molecular flexibility index (Phi) is 3.81. The molecule has 0 fully saturated rings. The molecule has 3 aromatic rings. The predicted octanol–water partition coefficient (Wildman–Crippen LogP) is 3.14. The standard InChI is InChI=1S/C16H18N4O/c1-3-13-14-15(18-11(2)19-16(14)21-20-13)17-10-9-12-7-5-4-6-8-12/h4-8H,3,9-10H2,1-2H3,(H,17,18,19). The third-order valence-electron chi connectivity index (χ3n) is 3.40. The Bertz CT molecular complexity index is 737. The molecule has 0 amide bonds. The van der Waals surface area contributed by atoms with Gasteiger partial charge in [-0.15, -0.1) is 0 Å². The number of benzene rings is 1. The van der Waals surface area contributed by atoms with E-state index in [0.29, 0.717) is 11.5 Å². The predicted molar refractivity (Wildman–Crippen MR) is 82.3 cm³/mol. The fraction of sp³-hybridized carbons (Fsp3) is 0.312. The largest absolute Gasteiger partial charge is 0.369 e. The molecule has 1 N–H and O–H groups in total. The Morgan fingerprint density at radius 3 is 2.71 bits per heavy atom. The molecule has 0 radical (unpaired) electrons. The molecule has 0 spiro atoms. The Morgan fingerprint density at radius 1 is 1.14 bits per heavy atom. The third kappa shape index (κ3) is 2.86. The number of aryl methyl sites for hydroxylation is 2. The summed E-state index contributed by atoms with van der Waals surface area (Å²) in [5, 5.41) is 8.35. The van der Waals surface area contributed by atoms with Gasteiger partial charge < -0.3 is 9.84 Å². The first-order chi connectivity index (χ1) is 10.3. The summed E-state index contributed by atoms with van der Waals surface area (Å²) in [5.41, 5.74) is 2.75. The zero-order valence-corrected chi connectivity index (χ0v) is 12.3. The number of hydrogen-bond acceptors (Lipinski definition) is 5. The fourth-order valence-electron chi connectivity index (χ4n) is 2.36. The summed E-state index contributed by atoms with van der Waals surface area (Å²) >= 11 is 0. The first-order valence-corrected chi connectivity index (χ1v) is 7.18. The number of nitrogens with zero attached hydrogens (tertiary/aromatic N) is 3. The van der Waals surface area contributed by atoms with Crippen LogP contribution < -0.4 is 5.32 Å². The summed E-state index contributed by atoms with van der Waals surface area (Å²) in [5.74, 6) is 1.50. The summed E-state index contributed by atoms with van der Waals surface area (Å²) in [7, 11) is 0. The van der Waals surface area contributed by atoms with Crippen molar-refractivity contribution in [2.24, 2.45) is 0 Å². The van der Waals surface area contributed by atoms with E-state index in [-0.39, 0.29) is 0 Å². The normalized spacial score (nSPS) is 11.0. The van der Waals surface area contributed by atoms with Gasteiger partial charge in [-0.3, -0.25) is 0 Å². The number of fused-ring (bicyclic) bond motifs is 1. The summed E-state index contributed by atoms with van der Waals surface area (Å²) in [6.07, 6.45) is 1.74. The van der Waals surface area contributed by atoms with Gasteiger partial charge in [-0.2, -0.15) is 4.98 Å². The fourth-order valence-corrected chi connectivity index (χ4v) is 2.36. The van der Waals surface area contributed by atoms with Gasteiger partial charge in [0.05, 0.1) is 5.69 Å². The van der Waals surface area contributed by atoms with Crippen LogP contribution in [0.4, 0.5) is 5.82 Å². The van der Waals surface area contributed by atoms with Crippen molar-refractivity contribution >= 4 is 16.9 Å². The summed E-state index contributed by atoms with van der Waals surface area (Å²) in [4.78, 5) is 8.78. The van der Waals surface area contributed by atoms with E-state index in [1.54, 1.807) is 0 Å². The van der Waals surface area contributed by atoms with Crippen LogP contribution in [0.2, 0.25) is 0 Å². The first-order valence-electron chi connectivity index (χ1n) is 7.18. The molecule has 0 saturated heterocycles. The molecule has 0 aliphatic rings. The SMILES string of the molecule is CCc1noc2nc(C)nc(NCCc3ccccc3)c12. The maximum atomic E-state index is 5.28. The lowest BCUT2D eigenvalue weighted by molar-refractivity contribution is 0.439. The van der Waals surface area contributed by atoms with Crippen molar-refractivity contribution in [3.63, 3.8) is 0 Å². The molecule has 0 aliphatic carbocycles. The van der Waals surface area contributed by atoms with Crippen molar-refractivity contribution in [3.8, 4) is 0 Å².